The van der Waals surface area contributed by atoms with Crippen molar-refractivity contribution in [3.05, 3.63) is 36.7 Å². The Morgan fingerprint density at radius 3 is 2.73 bits per heavy atom. The Balaban J connectivity index is 2.17. The lowest BCUT2D eigenvalue weighted by atomic mass is 10.4. The third-order valence-corrected chi connectivity index (χ3v) is 1.83. The summed E-state index contributed by atoms with van der Waals surface area (Å²) in [5.41, 5.74) is 1.21. The lowest BCUT2D eigenvalue weighted by Gasteiger charge is -2.16. The zero-order valence-corrected chi connectivity index (χ0v) is 6.27. The first-order valence-electron chi connectivity index (χ1n) is 3.77. The fourth-order valence-electron chi connectivity index (χ4n) is 1.23. The van der Waals surface area contributed by atoms with Gasteiger partial charge in [-0.05, 0) is 12.1 Å². The highest BCUT2D eigenvalue weighted by atomic mass is 15.1. The van der Waals surface area contributed by atoms with Crippen LogP contribution in [0.15, 0.2) is 36.7 Å². The van der Waals surface area contributed by atoms with Crippen LogP contribution < -0.4 is 4.90 Å². The van der Waals surface area contributed by atoms with Gasteiger partial charge in [-0.1, -0.05) is 12.2 Å². The van der Waals surface area contributed by atoms with Crippen molar-refractivity contribution in [2.24, 2.45) is 0 Å². The number of hydrogen-bond acceptors (Lipinski definition) is 2. The molecule has 0 saturated heterocycles. The average Bonchev–Trinajstić information content (AvgIpc) is 2.58. The van der Waals surface area contributed by atoms with Gasteiger partial charge >= 0.3 is 0 Å². The van der Waals surface area contributed by atoms with Crippen molar-refractivity contribution in [3.8, 4) is 0 Å². The van der Waals surface area contributed by atoms with Crippen LogP contribution >= 0.6 is 0 Å². The number of anilines is 1. The second-order valence-corrected chi connectivity index (χ2v) is 2.59. The Morgan fingerprint density at radius 1 is 1.27 bits per heavy atom. The molecule has 0 saturated carbocycles. The zero-order chi connectivity index (χ0) is 7.52. The molecular weight excluding hydrogens is 136 g/mol. The Kier molecular flexibility index (Phi) is 1.60. The van der Waals surface area contributed by atoms with Gasteiger partial charge in [-0.3, -0.25) is 4.98 Å². The van der Waals surface area contributed by atoms with Crippen LogP contribution in [0.2, 0.25) is 0 Å². The summed E-state index contributed by atoms with van der Waals surface area (Å²) in [5.74, 6) is 0. The van der Waals surface area contributed by atoms with Gasteiger partial charge in [0, 0.05) is 19.3 Å². The molecule has 0 aliphatic carbocycles. The molecule has 2 heteroatoms. The van der Waals surface area contributed by atoms with Crippen LogP contribution in [0.25, 0.3) is 0 Å². The van der Waals surface area contributed by atoms with Crippen molar-refractivity contribution < 1.29 is 0 Å². The molecule has 0 unspecified atom stereocenters. The molecule has 0 fully saturated rings. The monoisotopic (exact) mass is 146 g/mol. The summed E-state index contributed by atoms with van der Waals surface area (Å²) in [7, 11) is 0. The van der Waals surface area contributed by atoms with E-state index in [1.807, 2.05) is 12.3 Å². The van der Waals surface area contributed by atoms with Crippen LogP contribution in [0.4, 0.5) is 5.69 Å². The van der Waals surface area contributed by atoms with Crippen LogP contribution in [0.5, 0.6) is 0 Å². The maximum Gasteiger partial charge on any atom is 0.0558 e. The molecule has 0 spiro atoms. The predicted octanol–water partition coefficient (Wildman–Crippen LogP) is 1.46. The molecule has 1 aliphatic rings. The van der Waals surface area contributed by atoms with E-state index in [-0.39, 0.29) is 0 Å². The largest absolute Gasteiger partial charge is 0.363 e. The molecular formula is C9H10N2. The van der Waals surface area contributed by atoms with Crippen molar-refractivity contribution in [1.29, 1.82) is 0 Å². The van der Waals surface area contributed by atoms with Crippen LogP contribution in [0, 0.1) is 0 Å². The van der Waals surface area contributed by atoms with E-state index in [2.05, 4.69) is 28.1 Å². The summed E-state index contributed by atoms with van der Waals surface area (Å²) in [6.07, 6.45) is 8.04. The Bertz CT molecular complexity index is 246. The molecule has 1 aliphatic heterocycles. The van der Waals surface area contributed by atoms with Crippen LogP contribution in [-0.2, 0) is 0 Å². The summed E-state index contributed by atoms with van der Waals surface area (Å²) in [5, 5.41) is 0. The van der Waals surface area contributed by atoms with Gasteiger partial charge in [0.2, 0.25) is 0 Å². The van der Waals surface area contributed by atoms with E-state index < -0.39 is 0 Å². The van der Waals surface area contributed by atoms with Gasteiger partial charge in [-0.25, -0.2) is 0 Å². The van der Waals surface area contributed by atoms with Gasteiger partial charge in [-0.2, -0.15) is 0 Å². The third-order valence-electron chi connectivity index (χ3n) is 1.83. The first-order valence-corrected chi connectivity index (χ1v) is 3.77. The van der Waals surface area contributed by atoms with E-state index in [1.54, 1.807) is 6.20 Å². The molecule has 11 heavy (non-hydrogen) atoms. The Hall–Kier alpha value is -1.31. The lowest BCUT2D eigenvalue weighted by molar-refractivity contribution is 0.998. The zero-order valence-electron chi connectivity index (χ0n) is 6.27. The van der Waals surface area contributed by atoms with E-state index >= 15 is 0 Å². The maximum absolute atomic E-state index is 4.06. The molecule has 0 bridgehead atoms. The van der Waals surface area contributed by atoms with Gasteiger partial charge in [0.1, 0.15) is 0 Å². The highest BCUT2D eigenvalue weighted by molar-refractivity contribution is 5.46. The SMILES string of the molecule is C1=CCN(c2cccnc2)C1. The van der Waals surface area contributed by atoms with Gasteiger partial charge in [0.15, 0.2) is 0 Å². The summed E-state index contributed by atoms with van der Waals surface area (Å²) in [6, 6.07) is 4.05. The van der Waals surface area contributed by atoms with Crippen LogP contribution in [0.3, 0.4) is 0 Å². The molecule has 1 aromatic rings. The van der Waals surface area contributed by atoms with E-state index in [0.29, 0.717) is 0 Å². The number of nitrogens with zero attached hydrogens (tertiary/aromatic N) is 2. The van der Waals surface area contributed by atoms with E-state index in [0.717, 1.165) is 13.1 Å². The van der Waals surface area contributed by atoms with E-state index in [4.69, 9.17) is 0 Å². The molecule has 0 amide bonds. The number of aromatic nitrogens is 1. The van der Waals surface area contributed by atoms with Crippen LogP contribution in [0.1, 0.15) is 0 Å². The van der Waals surface area contributed by atoms with Crippen molar-refractivity contribution in [2.45, 2.75) is 0 Å². The lowest BCUT2D eigenvalue weighted by Crippen LogP contribution is -2.18. The van der Waals surface area contributed by atoms with E-state index in [1.165, 1.54) is 5.69 Å². The van der Waals surface area contributed by atoms with Gasteiger partial charge in [0.25, 0.3) is 0 Å². The molecule has 56 valence electrons. The number of rotatable bonds is 1. The molecule has 0 atom stereocenters. The standard InChI is InChI=1S/C9H10N2/c1-2-7-11(6-1)9-4-3-5-10-8-9/h1-5,8H,6-7H2. The molecule has 1 aromatic heterocycles. The topological polar surface area (TPSA) is 16.1 Å². The minimum Gasteiger partial charge on any atom is -0.363 e. The fourth-order valence-corrected chi connectivity index (χ4v) is 1.23. The summed E-state index contributed by atoms with van der Waals surface area (Å²) in [6.45, 7) is 2.04. The predicted molar refractivity (Wildman–Crippen MR) is 45.6 cm³/mol. The van der Waals surface area contributed by atoms with E-state index in [9.17, 15) is 0 Å². The summed E-state index contributed by atoms with van der Waals surface area (Å²) in [4.78, 5) is 6.33. The normalized spacial score (nSPS) is 15.8. The minimum atomic E-state index is 1.02. The van der Waals surface area contributed by atoms with Crippen molar-refractivity contribution in [2.75, 3.05) is 18.0 Å². The summed E-state index contributed by atoms with van der Waals surface area (Å²) < 4.78 is 0. The third kappa shape index (κ3) is 1.24. The van der Waals surface area contributed by atoms with Crippen molar-refractivity contribution >= 4 is 5.69 Å². The molecule has 2 rings (SSSR count). The summed E-state index contributed by atoms with van der Waals surface area (Å²) >= 11 is 0. The second kappa shape index (κ2) is 2.74. The highest BCUT2D eigenvalue weighted by Gasteiger charge is 2.05. The van der Waals surface area contributed by atoms with Gasteiger partial charge < -0.3 is 4.90 Å². The molecule has 0 N–H and O–H groups in total. The van der Waals surface area contributed by atoms with Gasteiger partial charge in [-0.15, -0.1) is 0 Å². The Labute approximate surface area is 66.2 Å². The molecule has 2 heterocycles. The first kappa shape index (κ1) is 6.40. The maximum atomic E-state index is 4.06. The second-order valence-electron chi connectivity index (χ2n) is 2.59. The molecule has 0 radical (unpaired) electrons. The first-order chi connectivity index (χ1) is 5.47. The number of pyridine rings is 1. The average molecular weight is 146 g/mol. The molecule has 0 aromatic carbocycles. The van der Waals surface area contributed by atoms with Crippen molar-refractivity contribution in [3.63, 3.8) is 0 Å². The Morgan fingerprint density at radius 2 is 2.09 bits per heavy atom. The van der Waals surface area contributed by atoms with Crippen LogP contribution in [-0.4, -0.2) is 18.1 Å². The minimum absolute atomic E-state index is 1.02. The quantitative estimate of drug-likeness (QED) is 0.557. The smallest absolute Gasteiger partial charge is 0.0558 e. The molecule has 2 nitrogen and oxygen atoms in total. The number of hydrogen-bond donors (Lipinski definition) is 0. The fraction of sp³-hybridized carbons (Fsp3) is 0.222. The van der Waals surface area contributed by atoms with Gasteiger partial charge in [0.05, 0.1) is 11.9 Å². The highest BCUT2D eigenvalue weighted by Crippen LogP contribution is 2.13. The van der Waals surface area contributed by atoms with Crippen molar-refractivity contribution in [1.82, 2.24) is 4.98 Å².